The molecule has 35 heavy (non-hydrogen) atoms. The van der Waals surface area contributed by atoms with E-state index >= 15 is 0 Å². The fourth-order valence-corrected chi connectivity index (χ4v) is 5.61. The van der Waals surface area contributed by atoms with E-state index in [9.17, 15) is 27.2 Å². The molecule has 4 rings (SSSR count). The molecule has 2 aromatic carbocycles. The van der Waals surface area contributed by atoms with Gasteiger partial charge in [-0.15, -0.1) is 0 Å². The molecule has 0 spiro atoms. The number of rotatable bonds is 7. The van der Waals surface area contributed by atoms with E-state index in [1.54, 1.807) is 6.92 Å². The van der Waals surface area contributed by atoms with Crippen LogP contribution in [0.15, 0.2) is 53.4 Å². The lowest BCUT2D eigenvalue weighted by Crippen LogP contribution is -2.44. The second kappa shape index (κ2) is 9.72. The molecule has 0 bridgehead atoms. The summed E-state index contributed by atoms with van der Waals surface area (Å²) in [6, 6.07) is 10.2. The number of imide groups is 1. The van der Waals surface area contributed by atoms with Crippen LogP contribution in [0, 0.1) is 5.82 Å². The summed E-state index contributed by atoms with van der Waals surface area (Å²) in [6.07, 6.45) is 0.197. The molecule has 2 saturated heterocycles. The number of nitrogens with zero attached hydrogens (tertiary/aromatic N) is 2. The van der Waals surface area contributed by atoms with E-state index in [0.717, 1.165) is 4.90 Å². The molecule has 2 fully saturated rings. The first-order valence-corrected chi connectivity index (χ1v) is 12.5. The van der Waals surface area contributed by atoms with Crippen LogP contribution in [0.3, 0.4) is 0 Å². The van der Waals surface area contributed by atoms with Gasteiger partial charge in [0.2, 0.25) is 15.9 Å². The Labute approximate surface area is 202 Å². The third kappa shape index (κ3) is 4.77. The standard InChI is InChI=1S/C23H25FN4O6S/c1-2-23(16-6-8-17(24)9-7-16)21(30)28(22(31)26-23)15-20(29)25-18-4-3-5-19(14-18)35(32,33)27-10-12-34-13-11-27/h3-9,14H,2,10-13,15H2,1H3,(H,25,29)(H,26,31). The minimum absolute atomic E-state index is 0.00787. The van der Waals surface area contributed by atoms with Crippen LogP contribution in [0.5, 0.6) is 0 Å². The number of sulfonamides is 1. The van der Waals surface area contributed by atoms with Gasteiger partial charge in [0.1, 0.15) is 17.9 Å². The first-order chi connectivity index (χ1) is 16.7. The molecule has 0 aromatic heterocycles. The molecule has 186 valence electrons. The predicted octanol–water partition coefficient (Wildman–Crippen LogP) is 1.64. The zero-order valence-electron chi connectivity index (χ0n) is 19.0. The van der Waals surface area contributed by atoms with Crippen LogP contribution in [-0.2, 0) is 29.9 Å². The Morgan fingerprint density at radius 1 is 1.14 bits per heavy atom. The van der Waals surface area contributed by atoms with E-state index in [0.29, 0.717) is 18.8 Å². The van der Waals surface area contributed by atoms with Crippen molar-refractivity contribution in [1.82, 2.24) is 14.5 Å². The second-order valence-electron chi connectivity index (χ2n) is 8.18. The Bertz CT molecular complexity index is 1250. The van der Waals surface area contributed by atoms with E-state index in [1.807, 2.05) is 0 Å². The molecule has 2 aromatic rings. The number of amides is 4. The molecule has 0 saturated carbocycles. The number of morpholine rings is 1. The molecule has 2 aliphatic rings. The van der Waals surface area contributed by atoms with Crippen LogP contribution >= 0.6 is 0 Å². The van der Waals surface area contributed by atoms with Gasteiger partial charge in [-0.1, -0.05) is 25.1 Å². The van der Waals surface area contributed by atoms with Crippen LogP contribution in [0.25, 0.3) is 0 Å². The molecule has 2 N–H and O–H groups in total. The first-order valence-electron chi connectivity index (χ1n) is 11.1. The predicted molar refractivity (Wildman–Crippen MR) is 123 cm³/mol. The average Bonchev–Trinajstić information content (AvgIpc) is 3.10. The van der Waals surface area contributed by atoms with Crippen LogP contribution < -0.4 is 10.6 Å². The summed E-state index contributed by atoms with van der Waals surface area (Å²) in [7, 11) is -3.77. The lowest BCUT2D eigenvalue weighted by molar-refractivity contribution is -0.134. The van der Waals surface area contributed by atoms with Gasteiger partial charge < -0.3 is 15.4 Å². The van der Waals surface area contributed by atoms with Crippen molar-refractivity contribution in [3.8, 4) is 0 Å². The van der Waals surface area contributed by atoms with Gasteiger partial charge >= 0.3 is 6.03 Å². The maximum atomic E-state index is 13.4. The van der Waals surface area contributed by atoms with Crippen molar-refractivity contribution >= 4 is 33.6 Å². The largest absolute Gasteiger partial charge is 0.379 e. The van der Waals surface area contributed by atoms with Crippen LogP contribution in [0.1, 0.15) is 18.9 Å². The highest BCUT2D eigenvalue weighted by molar-refractivity contribution is 7.89. The van der Waals surface area contributed by atoms with Crippen molar-refractivity contribution in [3.05, 3.63) is 59.9 Å². The van der Waals surface area contributed by atoms with E-state index in [2.05, 4.69) is 10.6 Å². The van der Waals surface area contributed by atoms with Crippen molar-refractivity contribution in [2.24, 2.45) is 0 Å². The highest BCUT2D eigenvalue weighted by Crippen LogP contribution is 2.32. The zero-order chi connectivity index (χ0) is 25.2. The minimum atomic E-state index is -3.77. The molecule has 0 aliphatic carbocycles. The third-order valence-corrected chi connectivity index (χ3v) is 7.97. The van der Waals surface area contributed by atoms with Gasteiger partial charge in [-0.2, -0.15) is 4.31 Å². The average molecular weight is 505 g/mol. The van der Waals surface area contributed by atoms with Gasteiger partial charge in [0.15, 0.2) is 0 Å². The van der Waals surface area contributed by atoms with Gasteiger partial charge in [0.05, 0.1) is 18.1 Å². The molecular weight excluding hydrogens is 479 g/mol. The number of hydrogen-bond donors (Lipinski definition) is 2. The molecular formula is C23H25FN4O6S. The molecule has 2 aliphatic heterocycles. The minimum Gasteiger partial charge on any atom is -0.379 e. The van der Waals surface area contributed by atoms with Crippen molar-refractivity contribution in [1.29, 1.82) is 0 Å². The number of carbonyl (C=O) groups is 3. The van der Waals surface area contributed by atoms with E-state index in [4.69, 9.17) is 4.74 Å². The second-order valence-corrected chi connectivity index (χ2v) is 10.1. The Kier molecular flexibility index (Phi) is 6.88. The number of halogens is 1. The number of carbonyl (C=O) groups excluding carboxylic acids is 3. The molecule has 10 nitrogen and oxygen atoms in total. The Morgan fingerprint density at radius 2 is 1.83 bits per heavy atom. The molecule has 12 heteroatoms. The highest BCUT2D eigenvalue weighted by Gasteiger charge is 2.51. The number of benzene rings is 2. The fraction of sp³-hybridized carbons (Fsp3) is 0.348. The number of ether oxygens (including phenoxy) is 1. The summed E-state index contributed by atoms with van der Waals surface area (Å²) < 4.78 is 45.6. The Morgan fingerprint density at radius 3 is 2.49 bits per heavy atom. The molecule has 1 unspecified atom stereocenters. The monoisotopic (exact) mass is 504 g/mol. The number of hydrogen-bond acceptors (Lipinski definition) is 6. The quantitative estimate of drug-likeness (QED) is 0.553. The van der Waals surface area contributed by atoms with Crippen LogP contribution in [0.2, 0.25) is 0 Å². The molecule has 4 amide bonds. The fourth-order valence-electron chi connectivity index (χ4n) is 4.16. The van der Waals surface area contributed by atoms with Gasteiger partial charge in [-0.3, -0.25) is 14.5 Å². The van der Waals surface area contributed by atoms with Gasteiger partial charge in [0.25, 0.3) is 5.91 Å². The summed E-state index contributed by atoms with van der Waals surface area (Å²) >= 11 is 0. The summed E-state index contributed by atoms with van der Waals surface area (Å²) in [5, 5.41) is 5.18. The highest BCUT2D eigenvalue weighted by atomic mass is 32.2. The van der Waals surface area contributed by atoms with E-state index < -0.39 is 45.8 Å². The van der Waals surface area contributed by atoms with Crippen LogP contribution in [0.4, 0.5) is 14.9 Å². The SMILES string of the molecule is CCC1(c2ccc(F)cc2)NC(=O)N(CC(=O)Nc2cccc(S(=O)(=O)N3CCOCC3)c2)C1=O. The Balaban J connectivity index is 1.48. The van der Waals surface area contributed by atoms with E-state index in [1.165, 1.54) is 52.8 Å². The number of urea groups is 1. The summed E-state index contributed by atoms with van der Waals surface area (Å²) in [5.74, 6) is -1.79. The summed E-state index contributed by atoms with van der Waals surface area (Å²) in [5.41, 5.74) is -0.794. The lowest BCUT2D eigenvalue weighted by atomic mass is 9.87. The maximum Gasteiger partial charge on any atom is 0.325 e. The van der Waals surface area contributed by atoms with Crippen molar-refractivity contribution in [2.75, 3.05) is 38.2 Å². The summed E-state index contributed by atoms with van der Waals surface area (Å²) in [4.78, 5) is 39.3. The maximum absolute atomic E-state index is 13.4. The number of nitrogens with one attached hydrogen (secondary N) is 2. The first kappa shape index (κ1) is 24.8. The van der Waals surface area contributed by atoms with Crippen molar-refractivity contribution in [3.63, 3.8) is 0 Å². The molecule has 1 atom stereocenters. The third-order valence-electron chi connectivity index (χ3n) is 6.07. The van der Waals surface area contributed by atoms with Crippen molar-refractivity contribution < 1.29 is 31.9 Å². The normalized spacial score (nSPS) is 21.1. The van der Waals surface area contributed by atoms with Gasteiger partial charge in [-0.25, -0.2) is 17.6 Å². The molecule has 0 radical (unpaired) electrons. The van der Waals surface area contributed by atoms with Crippen molar-refractivity contribution in [2.45, 2.75) is 23.8 Å². The molecule has 2 heterocycles. The number of anilines is 1. The lowest BCUT2D eigenvalue weighted by Gasteiger charge is -2.26. The van der Waals surface area contributed by atoms with Crippen LogP contribution in [-0.4, -0.2) is 68.3 Å². The zero-order valence-corrected chi connectivity index (χ0v) is 19.8. The van der Waals surface area contributed by atoms with Gasteiger partial charge in [-0.05, 0) is 42.3 Å². The smallest absolute Gasteiger partial charge is 0.325 e. The van der Waals surface area contributed by atoms with E-state index in [-0.39, 0.29) is 30.1 Å². The Hall–Kier alpha value is -3.35. The topological polar surface area (TPSA) is 125 Å². The van der Waals surface area contributed by atoms with Gasteiger partial charge in [0, 0.05) is 18.8 Å². The summed E-state index contributed by atoms with van der Waals surface area (Å²) in [6.45, 7) is 2.20.